The van der Waals surface area contributed by atoms with E-state index in [0.717, 1.165) is 96.3 Å². The van der Waals surface area contributed by atoms with E-state index >= 15 is 0 Å². The average molecular weight is 978 g/mol. The molecule has 0 heterocycles. The minimum absolute atomic E-state index is 0.0757. The van der Waals surface area contributed by atoms with Crippen LogP contribution in [0.15, 0.2) is 72.9 Å². The van der Waals surface area contributed by atoms with Crippen molar-refractivity contribution in [2.24, 2.45) is 0 Å². The fourth-order valence-electron chi connectivity index (χ4n) is 8.47. The molecule has 0 radical (unpaired) electrons. The largest absolute Gasteiger partial charge is 0.462 e. The number of hydrogen-bond acceptors (Lipinski definition) is 6. The summed E-state index contributed by atoms with van der Waals surface area (Å²) in [7, 11) is 0. The Morgan fingerprint density at radius 3 is 0.886 bits per heavy atom. The van der Waals surface area contributed by atoms with Gasteiger partial charge in [0.2, 0.25) is 0 Å². The van der Waals surface area contributed by atoms with Crippen molar-refractivity contribution in [1.82, 2.24) is 0 Å². The third kappa shape index (κ3) is 55.8. The maximum absolute atomic E-state index is 12.8. The maximum atomic E-state index is 12.8. The van der Waals surface area contributed by atoms with Gasteiger partial charge in [-0.1, -0.05) is 261 Å². The van der Waals surface area contributed by atoms with Crippen molar-refractivity contribution >= 4 is 17.9 Å². The molecule has 0 aromatic heterocycles. The van der Waals surface area contributed by atoms with Crippen LogP contribution in [0, 0.1) is 0 Å². The molecule has 0 aliphatic carbocycles. The lowest BCUT2D eigenvalue weighted by Crippen LogP contribution is -2.30. The number of rotatable bonds is 54. The van der Waals surface area contributed by atoms with Crippen LogP contribution in [-0.4, -0.2) is 37.2 Å². The predicted octanol–water partition coefficient (Wildman–Crippen LogP) is 20.2. The number of carbonyl (C=O) groups excluding carboxylic acids is 3. The summed E-state index contributed by atoms with van der Waals surface area (Å²) < 4.78 is 16.8. The van der Waals surface area contributed by atoms with Gasteiger partial charge in [0, 0.05) is 19.3 Å². The molecule has 0 saturated heterocycles. The Kier molecular flexibility index (Phi) is 55.8. The second kappa shape index (κ2) is 58.4. The molecule has 0 aliphatic heterocycles. The molecule has 0 bridgehead atoms. The van der Waals surface area contributed by atoms with Crippen LogP contribution in [0.5, 0.6) is 0 Å². The van der Waals surface area contributed by atoms with Crippen molar-refractivity contribution < 1.29 is 28.6 Å². The van der Waals surface area contributed by atoms with Crippen molar-refractivity contribution in [2.45, 2.75) is 303 Å². The number of unbranched alkanes of at least 4 members (excludes halogenated alkanes) is 31. The molecule has 0 aromatic carbocycles. The molecule has 0 amide bonds. The molecule has 0 spiro atoms. The lowest BCUT2D eigenvalue weighted by Gasteiger charge is -2.18. The second-order valence-corrected chi connectivity index (χ2v) is 19.9. The standard InChI is InChI=1S/C64H112O6/c1-4-7-10-13-16-18-20-22-24-25-26-27-28-29-30-31-32-33-34-35-36-37-38-39-41-42-44-46-48-51-54-57-63(66)69-60-61(59-68-62(65)56-53-50-15-12-9-6-3)70-64(67)58-55-52-49-47-45-43-40-23-21-19-17-14-11-8-5-2/h7,10,16,18,22-24,26-27,29-30,40,61H,4-6,8-9,11-15,17,19-21,25,28,31-39,41-60H2,1-3H3/b10-7-,18-16-,24-22-,27-26-,30-29-,40-23-. The highest BCUT2D eigenvalue weighted by molar-refractivity contribution is 5.71. The van der Waals surface area contributed by atoms with Crippen molar-refractivity contribution in [3.05, 3.63) is 72.9 Å². The summed E-state index contributed by atoms with van der Waals surface area (Å²) in [5, 5.41) is 0. The van der Waals surface area contributed by atoms with Crippen LogP contribution >= 0.6 is 0 Å². The Labute approximate surface area is 433 Å². The van der Waals surface area contributed by atoms with Crippen molar-refractivity contribution in [2.75, 3.05) is 13.2 Å². The highest BCUT2D eigenvalue weighted by Crippen LogP contribution is 2.16. The summed E-state index contributed by atoms with van der Waals surface area (Å²) in [6.07, 6.45) is 75.1. The van der Waals surface area contributed by atoms with Gasteiger partial charge >= 0.3 is 17.9 Å². The SMILES string of the molecule is CC/C=C\C/C=C\C/C=C\C/C=C\C/C=C\CCCCCCCCCCCCCCCCCC(=O)OCC(COC(=O)CCCCCCCC)OC(=O)CCCCCCC/C=C\CCCCCCCC. The van der Waals surface area contributed by atoms with Crippen LogP contribution in [-0.2, 0) is 28.6 Å². The Balaban J connectivity index is 4.02. The Bertz CT molecular complexity index is 1310. The van der Waals surface area contributed by atoms with E-state index in [9.17, 15) is 14.4 Å². The molecular weight excluding hydrogens is 865 g/mol. The van der Waals surface area contributed by atoms with Gasteiger partial charge in [-0.05, 0) is 89.9 Å². The monoisotopic (exact) mass is 977 g/mol. The fourth-order valence-corrected chi connectivity index (χ4v) is 8.47. The number of carbonyl (C=O) groups is 3. The van der Waals surface area contributed by atoms with Gasteiger partial charge in [0.15, 0.2) is 6.10 Å². The summed E-state index contributed by atoms with van der Waals surface area (Å²) in [4.78, 5) is 37.9. The highest BCUT2D eigenvalue weighted by atomic mass is 16.6. The van der Waals surface area contributed by atoms with Gasteiger partial charge in [-0.3, -0.25) is 14.4 Å². The van der Waals surface area contributed by atoms with Crippen LogP contribution in [0.4, 0.5) is 0 Å². The Hall–Kier alpha value is -3.15. The van der Waals surface area contributed by atoms with E-state index in [1.54, 1.807) is 0 Å². The quantitative estimate of drug-likeness (QED) is 0.0261. The maximum Gasteiger partial charge on any atom is 0.306 e. The van der Waals surface area contributed by atoms with Crippen molar-refractivity contribution in [3.63, 3.8) is 0 Å². The van der Waals surface area contributed by atoms with Gasteiger partial charge in [0.05, 0.1) is 0 Å². The van der Waals surface area contributed by atoms with Gasteiger partial charge in [-0.2, -0.15) is 0 Å². The molecule has 1 atom stereocenters. The minimum atomic E-state index is -0.774. The molecule has 70 heavy (non-hydrogen) atoms. The number of ether oxygens (including phenoxy) is 3. The Morgan fingerprint density at radius 2 is 0.557 bits per heavy atom. The normalized spacial score (nSPS) is 12.6. The van der Waals surface area contributed by atoms with Crippen LogP contribution in [0.25, 0.3) is 0 Å². The molecule has 0 aliphatic rings. The topological polar surface area (TPSA) is 78.9 Å². The first-order valence-electron chi connectivity index (χ1n) is 29.9. The number of esters is 3. The minimum Gasteiger partial charge on any atom is -0.462 e. The van der Waals surface area contributed by atoms with Crippen LogP contribution < -0.4 is 0 Å². The summed E-state index contributed by atoms with van der Waals surface area (Å²) in [5.74, 6) is -0.885. The van der Waals surface area contributed by atoms with Gasteiger partial charge in [0.1, 0.15) is 13.2 Å². The van der Waals surface area contributed by atoms with E-state index < -0.39 is 6.10 Å². The molecule has 404 valence electrons. The number of hydrogen-bond donors (Lipinski definition) is 0. The smallest absolute Gasteiger partial charge is 0.306 e. The zero-order valence-corrected chi connectivity index (χ0v) is 46.3. The summed E-state index contributed by atoms with van der Waals surface area (Å²) in [5.41, 5.74) is 0. The predicted molar refractivity (Wildman–Crippen MR) is 302 cm³/mol. The van der Waals surface area contributed by atoms with E-state index in [0.29, 0.717) is 19.3 Å². The first-order chi connectivity index (χ1) is 34.5. The summed E-state index contributed by atoms with van der Waals surface area (Å²) >= 11 is 0. The first kappa shape index (κ1) is 66.9. The first-order valence-corrected chi connectivity index (χ1v) is 29.9. The zero-order chi connectivity index (χ0) is 50.7. The van der Waals surface area contributed by atoms with Gasteiger partial charge < -0.3 is 14.2 Å². The van der Waals surface area contributed by atoms with Crippen LogP contribution in [0.2, 0.25) is 0 Å². The summed E-state index contributed by atoms with van der Waals surface area (Å²) in [6, 6.07) is 0. The van der Waals surface area contributed by atoms with Crippen LogP contribution in [0.1, 0.15) is 297 Å². The van der Waals surface area contributed by atoms with Crippen LogP contribution in [0.3, 0.4) is 0 Å². The average Bonchev–Trinajstić information content (AvgIpc) is 3.36. The Morgan fingerprint density at radius 1 is 0.300 bits per heavy atom. The zero-order valence-electron chi connectivity index (χ0n) is 46.3. The van der Waals surface area contributed by atoms with E-state index in [1.807, 2.05) is 0 Å². The molecule has 0 N–H and O–H groups in total. The van der Waals surface area contributed by atoms with Crippen molar-refractivity contribution in [1.29, 1.82) is 0 Å². The lowest BCUT2D eigenvalue weighted by molar-refractivity contribution is -0.167. The molecule has 6 heteroatoms. The number of allylic oxidation sites excluding steroid dienone is 12. The highest BCUT2D eigenvalue weighted by Gasteiger charge is 2.19. The van der Waals surface area contributed by atoms with Gasteiger partial charge in [-0.25, -0.2) is 0 Å². The molecule has 1 unspecified atom stereocenters. The molecule has 0 fully saturated rings. The summed E-state index contributed by atoms with van der Waals surface area (Å²) in [6.45, 7) is 6.47. The van der Waals surface area contributed by atoms with E-state index in [2.05, 4.69) is 93.7 Å². The molecule has 0 saturated carbocycles. The van der Waals surface area contributed by atoms with Gasteiger partial charge in [-0.15, -0.1) is 0 Å². The molecule has 0 rings (SSSR count). The van der Waals surface area contributed by atoms with Gasteiger partial charge in [0.25, 0.3) is 0 Å². The lowest BCUT2D eigenvalue weighted by atomic mass is 10.0. The van der Waals surface area contributed by atoms with Crippen molar-refractivity contribution in [3.8, 4) is 0 Å². The molecule has 0 aromatic rings. The van der Waals surface area contributed by atoms with E-state index in [4.69, 9.17) is 14.2 Å². The molecule has 6 nitrogen and oxygen atoms in total. The fraction of sp³-hybridized carbons (Fsp3) is 0.766. The third-order valence-electron chi connectivity index (χ3n) is 12.9. The third-order valence-corrected chi connectivity index (χ3v) is 12.9. The second-order valence-electron chi connectivity index (χ2n) is 19.9. The molecular formula is C64H112O6. The van der Waals surface area contributed by atoms with E-state index in [1.165, 1.54) is 161 Å². The van der Waals surface area contributed by atoms with E-state index in [-0.39, 0.29) is 31.1 Å².